The van der Waals surface area contributed by atoms with Gasteiger partial charge in [-0.05, 0) is 30.9 Å². The van der Waals surface area contributed by atoms with E-state index in [2.05, 4.69) is 12.2 Å². The summed E-state index contributed by atoms with van der Waals surface area (Å²) in [6.45, 7) is 1.72. The second-order valence-corrected chi connectivity index (χ2v) is 5.71. The van der Waals surface area contributed by atoms with E-state index in [1.165, 1.54) is 18.6 Å². The molecule has 0 bridgehead atoms. The summed E-state index contributed by atoms with van der Waals surface area (Å²) < 4.78 is 4.89. The third-order valence-electron chi connectivity index (χ3n) is 3.99. The van der Waals surface area contributed by atoms with E-state index >= 15 is 0 Å². The Morgan fingerprint density at radius 1 is 1.27 bits per heavy atom. The molecule has 2 atom stereocenters. The number of benzene rings is 1. The van der Waals surface area contributed by atoms with E-state index in [0.29, 0.717) is 5.92 Å². The SMILES string of the molecule is C[C@@H]1CCCC[C@@H]1NC(=O)COC(=O)c1ccc(O)cc1O. The number of phenolic OH excluding ortho intramolecular Hbond substituents is 2. The Labute approximate surface area is 129 Å². The number of carbonyl (C=O) groups excluding carboxylic acids is 2. The summed E-state index contributed by atoms with van der Waals surface area (Å²) in [5, 5.41) is 21.6. The van der Waals surface area contributed by atoms with E-state index in [1.54, 1.807) is 0 Å². The minimum atomic E-state index is -0.802. The second kappa shape index (κ2) is 7.15. The van der Waals surface area contributed by atoms with Crippen molar-refractivity contribution in [2.45, 2.75) is 38.6 Å². The van der Waals surface area contributed by atoms with Gasteiger partial charge in [-0.15, -0.1) is 0 Å². The molecule has 0 unspecified atom stereocenters. The Balaban J connectivity index is 1.84. The van der Waals surface area contributed by atoms with Gasteiger partial charge >= 0.3 is 5.97 Å². The first-order chi connectivity index (χ1) is 10.5. The van der Waals surface area contributed by atoms with Gasteiger partial charge in [0.05, 0.1) is 0 Å². The van der Waals surface area contributed by atoms with Crippen molar-refractivity contribution < 1.29 is 24.5 Å². The third kappa shape index (κ3) is 4.13. The van der Waals surface area contributed by atoms with Gasteiger partial charge in [0.15, 0.2) is 6.61 Å². The first-order valence-corrected chi connectivity index (χ1v) is 7.46. The molecule has 120 valence electrons. The molecule has 1 fully saturated rings. The van der Waals surface area contributed by atoms with E-state index in [1.807, 2.05) is 0 Å². The maximum Gasteiger partial charge on any atom is 0.342 e. The highest BCUT2D eigenvalue weighted by molar-refractivity contribution is 5.94. The van der Waals surface area contributed by atoms with Crippen LogP contribution in [0.2, 0.25) is 0 Å². The summed E-state index contributed by atoms with van der Waals surface area (Å²) in [7, 11) is 0. The fourth-order valence-electron chi connectivity index (χ4n) is 2.68. The quantitative estimate of drug-likeness (QED) is 0.739. The van der Waals surface area contributed by atoms with Crippen LogP contribution in [0.4, 0.5) is 0 Å². The fraction of sp³-hybridized carbons (Fsp3) is 0.500. The van der Waals surface area contributed by atoms with Crippen molar-refractivity contribution in [3.8, 4) is 11.5 Å². The molecule has 0 heterocycles. The molecule has 0 spiro atoms. The summed E-state index contributed by atoms with van der Waals surface area (Å²) in [6.07, 6.45) is 4.31. The van der Waals surface area contributed by atoms with E-state index in [9.17, 15) is 14.7 Å². The van der Waals surface area contributed by atoms with Crippen molar-refractivity contribution in [2.24, 2.45) is 5.92 Å². The van der Waals surface area contributed by atoms with Crippen molar-refractivity contribution in [1.29, 1.82) is 0 Å². The van der Waals surface area contributed by atoms with Crippen LogP contribution in [0, 0.1) is 5.92 Å². The highest BCUT2D eigenvalue weighted by Gasteiger charge is 2.23. The summed E-state index contributed by atoms with van der Waals surface area (Å²) in [5.74, 6) is -1.26. The van der Waals surface area contributed by atoms with Crippen molar-refractivity contribution in [2.75, 3.05) is 6.61 Å². The fourth-order valence-corrected chi connectivity index (χ4v) is 2.68. The molecule has 1 aromatic carbocycles. The first kappa shape index (κ1) is 16.1. The first-order valence-electron chi connectivity index (χ1n) is 7.46. The largest absolute Gasteiger partial charge is 0.508 e. The molecule has 1 aromatic rings. The topological polar surface area (TPSA) is 95.9 Å². The molecule has 1 aliphatic carbocycles. The highest BCUT2D eigenvalue weighted by Crippen LogP contribution is 2.24. The average molecular weight is 307 g/mol. The number of rotatable bonds is 4. The molecule has 1 saturated carbocycles. The van der Waals surface area contributed by atoms with Crippen LogP contribution in [0.1, 0.15) is 43.0 Å². The standard InChI is InChI=1S/C16H21NO5/c1-10-4-2-3-5-13(10)17-15(20)9-22-16(21)12-7-6-11(18)8-14(12)19/h6-8,10,13,18-19H,2-5,9H2,1H3,(H,17,20)/t10-,13+/m1/s1. The smallest absolute Gasteiger partial charge is 0.342 e. The summed E-state index contributed by atoms with van der Waals surface area (Å²) in [6, 6.07) is 3.68. The predicted octanol–water partition coefficient (Wildman–Crippen LogP) is 1.95. The normalized spacial score (nSPS) is 21.1. The van der Waals surface area contributed by atoms with Crippen LogP contribution in [0.25, 0.3) is 0 Å². The lowest BCUT2D eigenvalue weighted by Gasteiger charge is -2.29. The number of amides is 1. The Morgan fingerprint density at radius 2 is 2.00 bits per heavy atom. The Hall–Kier alpha value is -2.24. The Morgan fingerprint density at radius 3 is 2.68 bits per heavy atom. The predicted molar refractivity (Wildman–Crippen MR) is 79.6 cm³/mol. The van der Waals surface area contributed by atoms with Gasteiger partial charge in [0.1, 0.15) is 17.1 Å². The van der Waals surface area contributed by atoms with Gasteiger partial charge < -0.3 is 20.3 Å². The molecule has 0 radical (unpaired) electrons. The van der Waals surface area contributed by atoms with E-state index in [4.69, 9.17) is 9.84 Å². The van der Waals surface area contributed by atoms with E-state index in [-0.39, 0.29) is 35.6 Å². The van der Waals surface area contributed by atoms with E-state index < -0.39 is 5.97 Å². The van der Waals surface area contributed by atoms with Crippen molar-refractivity contribution in [3.05, 3.63) is 23.8 Å². The lowest BCUT2D eigenvalue weighted by Crippen LogP contribution is -2.42. The van der Waals surface area contributed by atoms with Gasteiger partial charge in [0.2, 0.25) is 0 Å². The van der Waals surface area contributed by atoms with Crippen molar-refractivity contribution in [1.82, 2.24) is 5.32 Å². The lowest BCUT2D eigenvalue weighted by molar-refractivity contribution is -0.125. The van der Waals surface area contributed by atoms with Gasteiger partial charge in [-0.3, -0.25) is 4.79 Å². The molecule has 2 rings (SSSR count). The number of ether oxygens (including phenoxy) is 1. The van der Waals surface area contributed by atoms with E-state index in [0.717, 1.165) is 25.3 Å². The van der Waals surface area contributed by atoms with Crippen LogP contribution in [0.3, 0.4) is 0 Å². The van der Waals surface area contributed by atoms with Crippen LogP contribution in [-0.2, 0) is 9.53 Å². The summed E-state index contributed by atoms with van der Waals surface area (Å²) in [5.41, 5.74) is -0.0864. The van der Waals surface area contributed by atoms with Crippen LogP contribution >= 0.6 is 0 Å². The molecule has 3 N–H and O–H groups in total. The molecular formula is C16H21NO5. The van der Waals surface area contributed by atoms with Gasteiger partial charge in [-0.1, -0.05) is 19.8 Å². The van der Waals surface area contributed by atoms with Crippen LogP contribution < -0.4 is 5.32 Å². The molecule has 1 amide bonds. The number of hydrogen-bond donors (Lipinski definition) is 3. The van der Waals surface area contributed by atoms with Gasteiger partial charge in [-0.25, -0.2) is 4.79 Å². The maximum absolute atomic E-state index is 11.8. The highest BCUT2D eigenvalue weighted by atomic mass is 16.5. The van der Waals surface area contributed by atoms with Crippen molar-refractivity contribution >= 4 is 11.9 Å². The monoisotopic (exact) mass is 307 g/mol. The third-order valence-corrected chi connectivity index (χ3v) is 3.99. The molecule has 0 aliphatic heterocycles. The van der Waals surface area contributed by atoms with Crippen LogP contribution in [0.5, 0.6) is 11.5 Å². The number of carbonyl (C=O) groups is 2. The summed E-state index contributed by atoms with van der Waals surface area (Å²) >= 11 is 0. The maximum atomic E-state index is 11.8. The molecule has 1 aliphatic rings. The Kier molecular flexibility index (Phi) is 5.25. The number of esters is 1. The lowest BCUT2D eigenvalue weighted by atomic mass is 9.86. The van der Waals surface area contributed by atoms with Gasteiger partial charge in [0, 0.05) is 12.1 Å². The van der Waals surface area contributed by atoms with Gasteiger partial charge in [-0.2, -0.15) is 0 Å². The number of nitrogens with one attached hydrogen (secondary N) is 1. The van der Waals surface area contributed by atoms with Crippen LogP contribution in [-0.4, -0.2) is 34.7 Å². The second-order valence-electron chi connectivity index (χ2n) is 5.71. The number of phenols is 2. The molecule has 0 saturated heterocycles. The minimum absolute atomic E-state index is 0.0864. The molecule has 6 heteroatoms. The average Bonchev–Trinajstić information content (AvgIpc) is 2.47. The zero-order valence-corrected chi connectivity index (χ0v) is 12.5. The molecule has 22 heavy (non-hydrogen) atoms. The molecular weight excluding hydrogens is 286 g/mol. The molecule has 0 aromatic heterocycles. The zero-order chi connectivity index (χ0) is 16.1. The Bertz CT molecular complexity index is 557. The number of aromatic hydroxyl groups is 2. The van der Waals surface area contributed by atoms with Gasteiger partial charge in [0.25, 0.3) is 5.91 Å². The zero-order valence-electron chi connectivity index (χ0n) is 12.5. The van der Waals surface area contributed by atoms with Crippen molar-refractivity contribution in [3.63, 3.8) is 0 Å². The summed E-state index contributed by atoms with van der Waals surface area (Å²) in [4.78, 5) is 23.6. The number of hydrogen-bond acceptors (Lipinski definition) is 5. The van der Waals surface area contributed by atoms with Crippen LogP contribution in [0.15, 0.2) is 18.2 Å². The minimum Gasteiger partial charge on any atom is -0.508 e. The molecule has 6 nitrogen and oxygen atoms in total.